The fraction of sp³-hybridized carbons (Fsp3) is 0.455. The monoisotopic (exact) mass is 195 g/mol. The summed E-state index contributed by atoms with van der Waals surface area (Å²) < 4.78 is 5.51. The Morgan fingerprint density at radius 1 is 1.23 bits per heavy atom. The summed E-state index contributed by atoms with van der Waals surface area (Å²) in [5, 5.41) is 0. The highest BCUT2D eigenvalue weighted by atomic mass is 32.1. The summed E-state index contributed by atoms with van der Waals surface area (Å²) >= 11 is 4.93. The van der Waals surface area contributed by atoms with E-state index in [0.29, 0.717) is 5.75 Å². The van der Waals surface area contributed by atoms with Crippen LogP contribution in [0.25, 0.3) is 0 Å². The van der Waals surface area contributed by atoms with Gasteiger partial charge in [0.15, 0.2) is 0 Å². The van der Waals surface area contributed by atoms with Crippen LogP contribution in [-0.2, 0) is 5.75 Å². The standard InChI is InChI=1S/C11H15OS/c1-2-3-8-12-11-6-4-10(9-13)5-7-11/h4-7H,2-3,8-9H2,1H3. The molecule has 0 bridgehead atoms. The average Bonchev–Trinajstić information content (AvgIpc) is 2.19. The average molecular weight is 195 g/mol. The van der Waals surface area contributed by atoms with Gasteiger partial charge in [-0.2, -0.15) is 0 Å². The number of hydrogen-bond acceptors (Lipinski definition) is 1. The predicted octanol–water partition coefficient (Wildman–Crippen LogP) is 3.56. The molecule has 0 aromatic heterocycles. The molecule has 0 saturated carbocycles. The zero-order chi connectivity index (χ0) is 9.52. The summed E-state index contributed by atoms with van der Waals surface area (Å²) in [6.07, 6.45) is 2.28. The Morgan fingerprint density at radius 3 is 2.46 bits per heavy atom. The molecule has 0 amide bonds. The minimum absolute atomic E-state index is 0.676. The van der Waals surface area contributed by atoms with Gasteiger partial charge in [-0.05, 0) is 24.1 Å². The van der Waals surface area contributed by atoms with E-state index in [1.165, 1.54) is 12.0 Å². The van der Waals surface area contributed by atoms with Crippen LogP contribution in [0.4, 0.5) is 0 Å². The number of rotatable bonds is 5. The van der Waals surface area contributed by atoms with Gasteiger partial charge in [-0.25, -0.2) is 0 Å². The summed E-state index contributed by atoms with van der Waals surface area (Å²) in [5.74, 6) is 1.62. The van der Waals surface area contributed by atoms with Crippen molar-refractivity contribution >= 4 is 12.6 Å². The molecule has 71 valence electrons. The Balaban J connectivity index is 2.40. The molecular weight excluding hydrogens is 180 g/mol. The van der Waals surface area contributed by atoms with Gasteiger partial charge in [-0.3, -0.25) is 0 Å². The van der Waals surface area contributed by atoms with Crippen LogP contribution in [0.1, 0.15) is 25.3 Å². The molecule has 0 spiro atoms. The van der Waals surface area contributed by atoms with Gasteiger partial charge in [0, 0.05) is 5.75 Å². The van der Waals surface area contributed by atoms with Gasteiger partial charge in [0.1, 0.15) is 5.75 Å². The molecular formula is C11H15OS. The normalized spacial score (nSPS) is 10.0. The van der Waals surface area contributed by atoms with Crippen LogP contribution in [0.15, 0.2) is 24.3 Å². The smallest absolute Gasteiger partial charge is 0.119 e. The third-order valence-corrected chi connectivity index (χ3v) is 2.19. The van der Waals surface area contributed by atoms with E-state index < -0.39 is 0 Å². The molecule has 13 heavy (non-hydrogen) atoms. The summed E-state index contributed by atoms with van der Waals surface area (Å²) in [7, 11) is 0. The fourth-order valence-electron chi connectivity index (χ4n) is 1.02. The molecule has 0 unspecified atom stereocenters. The SMILES string of the molecule is CCCCOc1ccc(C[S])cc1. The maximum atomic E-state index is 5.51. The van der Waals surface area contributed by atoms with Crippen molar-refractivity contribution in [2.24, 2.45) is 0 Å². The minimum atomic E-state index is 0.676. The van der Waals surface area contributed by atoms with E-state index in [2.05, 4.69) is 6.92 Å². The molecule has 0 aliphatic heterocycles. The quantitative estimate of drug-likeness (QED) is 0.653. The summed E-state index contributed by atoms with van der Waals surface area (Å²) in [6.45, 7) is 2.97. The Morgan fingerprint density at radius 2 is 1.92 bits per heavy atom. The van der Waals surface area contributed by atoms with Crippen molar-refractivity contribution < 1.29 is 4.74 Å². The molecule has 0 N–H and O–H groups in total. The summed E-state index contributed by atoms with van der Waals surface area (Å²) in [6, 6.07) is 8.01. The Bertz CT molecular complexity index is 230. The second-order valence-electron chi connectivity index (χ2n) is 2.99. The van der Waals surface area contributed by atoms with Crippen LogP contribution in [0.2, 0.25) is 0 Å². The second-order valence-corrected chi connectivity index (χ2v) is 3.28. The highest BCUT2D eigenvalue weighted by Crippen LogP contribution is 2.13. The molecule has 0 heterocycles. The van der Waals surface area contributed by atoms with Gasteiger partial charge < -0.3 is 4.74 Å². The van der Waals surface area contributed by atoms with Gasteiger partial charge in [0.2, 0.25) is 0 Å². The van der Waals surface area contributed by atoms with Crippen molar-refractivity contribution in [2.45, 2.75) is 25.5 Å². The predicted molar refractivity (Wildman–Crippen MR) is 58.1 cm³/mol. The van der Waals surface area contributed by atoms with E-state index in [-0.39, 0.29) is 0 Å². The van der Waals surface area contributed by atoms with Crippen molar-refractivity contribution in [3.05, 3.63) is 29.8 Å². The number of unbranched alkanes of at least 4 members (excludes halogenated alkanes) is 1. The van der Waals surface area contributed by atoms with Crippen LogP contribution in [-0.4, -0.2) is 6.61 Å². The fourth-order valence-corrected chi connectivity index (χ4v) is 1.21. The van der Waals surface area contributed by atoms with Gasteiger partial charge >= 0.3 is 0 Å². The summed E-state index contributed by atoms with van der Waals surface area (Å²) in [5.41, 5.74) is 1.18. The molecule has 1 radical (unpaired) electrons. The van der Waals surface area contributed by atoms with Crippen molar-refractivity contribution in [1.29, 1.82) is 0 Å². The Kier molecular flexibility index (Phi) is 4.76. The molecule has 1 rings (SSSR count). The van der Waals surface area contributed by atoms with E-state index in [0.717, 1.165) is 18.8 Å². The van der Waals surface area contributed by atoms with E-state index >= 15 is 0 Å². The van der Waals surface area contributed by atoms with Crippen molar-refractivity contribution in [1.82, 2.24) is 0 Å². The van der Waals surface area contributed by atoms with Crippen molar-refractivity contribution in [3.8, 4) is 5.75 Å². The van der Waals surface area contributed by atoms with Crippen LogP contribution in [0.3, 0.4) is 0 Å². The second kappa shape index (κ2) is 5.92. The number of hydrogen-bond donors (Lipinski definition) is 0. The Hall–Kier alpha value is -0.630. The van der Waals surface area contributed by atoms with E-state index in [1.807, 2.05) is 24.3 Å². The van der Waals surface area contributed by atoms with Crippen molar-refractivity contribution in [3.63, 3.8) is 0 Å². The largest absolute Gasteiger partial charge is 0.494 e. The van der Waals surface area contributed by atoms with Crippen LogP contribution >= 0.6 is 12.6 Å². The Labute approximate surface area is 85.5 Å². The van der Waals surface area contributed by atoms with E-state index in [1.54, 1.807) is 0 Å². The third kappa shape index (κ3) is 3.73. The summed E-state index contributed by atoms with van der Waals surface area (Å²) in [4.78, 5) is 0. The zero-order valence-electron chi connectivity index (χ0n) is 7.95. The molecule has 1 aromatic rings. The van der Waals surface area contributed by atoms with Crippen molar-refractivity contribution in [2.75, 3.05) is 6.61 Å². The number of benzene rings is 1. The maximum Gasteiger partial charge on any atom is 0.119 e. The lowest BCUT2D eigenvalue weighted by molar-refractivity contribution is 0.309. The topological polar surface area (TPSA) is 9.23 Å². The lowest BCUT2D eigenvalue weighted by atomic mass is 10.2. The lowest BCUT2D eigenvalue weighted by Gasteiger charge is -2.05. The molecule has 2 heteroatoms. The van der Waals surface area contributed by atoms with Crippen LogP contribution in [0.5, 0.6) is 5.75 Å². The highest BCUT2D eigenvalue weighted by Gasteiger charge is 1.93. The lowest BCUT2D eigenvalue weighted by Crippen LogP contribution is -1.96. The molecule has 0 saturated heterocycles. The molecule has 1 nitrogen and oxygen atoms in total. The first-order valence-corrected chi connectivity index (χ1v) is 5.24. The third-order valence-electron chi connectivity index (χ3n) is 1.86. The van der Waals surface area contributed by atoms with E-state index in [9.17, 15) is 0 Å². The number of ether oxygens (including phenoxy) is 1. The van der Waals surface area contributed by atoms with Gasteiger partial charge in [0.05, 0.1) is 6.61 Å². The molecule has 0 atom stereocenters. The van der Waals surface area contributed by atoms with E-state index in [4.69, 9.17) is 17.4 Å². The first kappa shape index (κ1) is 10.5. The molecule has 1 aromatic carbocycles. The molecule has 0 aliphatic rings. The first-order chi connectivity index (χ1) is 6.36. The van der Waals surface area contributed by atoms with Gasteiger partial charge in [-0.1, -0.05) is 38.1 Å². The maximum absolute atomic E-state index is 5.51. The van der Waals surface area contributed by atoms with Crippen LogP contribution < -0.4 is 4.74 Å². The molecule has 0 aliphatic carbocycles. The molecule has 0 fully saturated rings. The minimum Gasteiger partial charge on any atom is -0.494 e. The van der Waals surface area contributed by atoms with Gasteiger partial charge in [0.25, 0.3) is 0 Å². The first-order valence-electron chi connectivity index (χ1n) is 4.66. The van der Waals surface area contributed by atoms with Gasteiger partial charge in [-0.15, -0.1) is 0 Å². The zero-order valence-corrected chi connectivity index (χ0v) is 8.77. The van der Waals surface area contributed by atoms with Crippen LogP contribution in [0, 0.1) is 0 Å². The highest BCUT2D eigenvalue weighted by molar-refractivity contribution is 7.79.